The van der Waals surface area contributed by atoms with Crippen LogP contribution in [0.5, 0.6) is 5.75 Å². The predicted molar refractivity (Wildman–Crippen MR) is 59.3 cm³/mol. The van der Waals surface area contributed by atoms with Gasteiger partial charge in [0, 0.05) is 0 Å². The molecular formula is C10H5Cl2NO3. The number of hydrogen-bond acceptors (Lipinski definition) is 3. The van der Waals surface area contributed by atoms with Crippen molar-refractivity contribution in [2.24, 2.45) is 0 Å². The van der Waals surface area contributed by atoms with Crippen molar-refractivity contribution in [2.45, 2.75) is 0 Å². The van der Waals surface area contributed by atoms with Gasteiger partial charge in [0.2, 0.25) is 0 Å². The quantitative estimate of drug-likeness (QED) is 0.783. The fourth-order valence-corrected chi connectivity index (χ4v) is 1.68. The van der Waals surface area contributed by atoms with E-state index in [0.29, 0.717) is 0 Å². The summed E-state index contributed by atoms with van der Waals surface area (Å²) in [5.41, 5.74) is 0.0614. The Balaban J connectivity index is 2.51. The lowest BCUT2D eigenvalue weighted by atomic mass is 10.2. The summed E-state index contributed by atoms with van der Waals surface area (Å²) >= 11 is 11.1. The molecule has 0 saturated heterocycles. The molecule has 2 rings (SSSR count). The van der Waals surface area contributed by atoms with Crippen molar-refractivity contribution >= 4 is 40.7 Å². The number of rotatable bonds is 1. The lowest BCUT2D eigenvalue weighted by Crippen LogP contribution is -2.30. The monoisotopic (exact) mass is 257 g/mol. The Kier molecular flexibility index (Phi) is 2.61. The van der Waals surface area contributed by atoms with Crippen molar-refractivity contribution in [2.75, 3.05) is 4.90 Å². The maximum Gasteiger partial charge on any atom is 0.278 e. The van der Waals surface area contributed by atoms with Crippen LogP contribution in [0.4, 0.5) is 5.69 Å². The van der Waals surface area contributed by atoms with E-state index in [9.17, 15) is 14.7 Å². The highest BCUT2D eigenvalue weighted by Gasteiger charge is 2.38. The van der Waals surface area contributed by atoms with Crippen LogP contribution in [-0.2, 0) is 9.59 Å². The molecule has 0 aliphatic carbocycles. The molecule has 0 atom stereocenters. The fourth-order valence-electron chi connectivity index (χ4n) is 1.35. The molecular weight excluding hydrogens is 253 g/mol. The molecule has 6 heteroatoms. The first-order chi connectivity index (χ1) is 7.54. The van der Waals surface area contributed by atoms with Crippen molar-refractivity contribution in [3.05, 3.63) is 34.3 Å². The van der Waals surface area contributed by atoms with Crippen LogP contribution in [0.1, 0.15) is 0 Å². The Morgan fingerprint density at radius 1 is 1.00 bits per heavy atom. The van der Waals surface area contributed by atoms with E-state index in [1.807, 2.05) is 0 Å². The van der Waals surface area contributed by atoms with E-state index in [0.717, 1.165) is 4.90 Å². The van der Waals surface area contributed by atoms with Crippen LogP contribution in [0, 0.1) is 0 Å². The molecule has 1 aromatic rings. The first kappa shape index (κ1) is 11.0. The van der Waals surface area contributed by atoms with Crippen molar-refractivity contribution < 1.29 is 14.7 Å². The number of hydrogen-bond donors (Lipinski definition) is 1. The van der Waals surface area contributed by atoms with E-state index < -0.39 is 11.8 Å². The summed E-state index contributed by atoms with van der Waals surface area (Å²) in [7, 11) is 0. The first-order valence-electron chi connectivity index (χ1n) is 4.26. The molecule has 16 heavy (non-hydrogen) atoms. The Hall–Kier alpha value is -1.52. The van der Waals surface area contributed by atoms with Gasteiger partial charge < -0.3 is 5.11 Å². The summed E-state index contributed by atoms with van der Waals surface area (Å²) in [6.45, 7) is 0. The van der Waals surface area contributed by atoms with E-state index in [1.54, 1.807) is 12.1 Å². The molecule has 2 amide bonds. The molecule has 0 radical (unpaired) electrons. The second-order valence-corrected chi connectivity index (χ2v) is 3.82. The summed E-state index contributed by atoms with van der Waals surface area (Å²) < 4.78 is 0. The number of phenols is 1. The van der Waals surface area contributed by atoms with Crippen LogP contribution in [0.15, 0.2) is 34.3 Å². The lowest BCUT2D eigenvalue weighted by molar-refractivity contribution is -0.120. The molecule has 82 valence electrons. The maximum atomic E-state index is 11.6. The maximum absolute atomic E-state index is 11.6. The lowest BCUT2D eigenvalue weighted by Gasteiger charge is -2.14. The summed E-state index contributed by atoms with van der Waals surface area (Å²) in [5, 5.41) is 8.85. The van der Waals surface area contributed by atoms with E-state index in [4.69, 9.17) is 23.2 Å². The van der Waals surface area contributed by atoms with Crippen molar-refractivity contribution in [3.8, 4) is 5.75 Å². The second-order valence-electron chi connectivity index (χ2n) is 3.06. The smallest absolute Gasteiger partial charge is 0.278 e. The minimum absolute atomic E-state index is 0.0614. The van der Waals surface area contributed by atoms with Gasteiger partial charge in [-0.3, -0.25) is 9.59 Å². The van der Waals surface area contributed by atoms with Crippen LogP contribution in [0.3, 0.4) is 0 Å². The van der Waals surface area contributed by atoms with Crippen LogP contribution in [0.25, 0.3) is 0 Å². The van der Waals surface area contributed by atoms with E-state index in [1.165, 1.54) is 12.1 Å². The molecule has 1 heterocycles. The average molecular weight is 258 g/mol. The van der Waals surface area contributed by atoms with Crippen LogP contribution >= 0.6 is 23.2 Å². The van der Waals surface area contributed by atoms with Gasteiger partial charge in [0.25, 0.3) is 11.8 Å². The topological polar surface area (TPSA) is 57.6 Å². The highest BCUT2D eigenvalue weighted by molar-refractivity contribution is 6.62. The Morgan fingerprint density at radius 2 is 1.50 bits per heavy atom. The van der Waals surface area contributed by atoms with Gasteiger partial charge in [0.15, 0.2) is 0 Å². The van der Waals surface area contributed by atoms with Gasteiger partial charge in [-0.15, -0.1) is 0 Å². The SMILES string of the molecule is O=C1C(Cl)=C(Cl)C(=O)N1c1ccccc1O. The summed E-state index contributed by atoms with van der Waals surface area (Å²) in [5.74, 6) is -1.67. The van der Waals surface area contributed by atoms with Crippen LogP contribution in [0.2, 0.25) is 0 Å². The third-order valence-corrected chi connectivity index (χ3v) is 2.90. The number of aromatic hydroxyl groups is 1. The Bertz CT molecular complexity index is 501. The Morgan fingerprint density at radius 3 is 2.00 bits per heavy atom. The van der Waals surface area contributed by atoms with E-state index >= 15 is 0 Å². The zero-order chi connectivity index (χ0) is 11.9. The van der Waals surface area contributed by atoms with Crippen LogP contribution in [-0.4, -0.2) is 16.9 Å². The molecule has 1 aromatic carbocycles. The molecule has 1 aliphatic rings. The van der Waals surface area contributed by atoms with Crippen molar-refractivity contribution in [3.63, 3.8) is 0 Å². The highest BCUT2D eigenvalue weighted by Crippen LogP contribution is 2.35. The fraction of sp³-hybridized carbons (Fsp3) is 0. The van der Waals surface area contributed by atoms with Gasteiger partial charge >= 0.3 is 0 Å². The van der Waals surface area contributed by atoms with Crippen LogP contribution < -0.4 is 4.90 Å². The van der Waals surface area contributed by atoms with Crippen molar-refractivity contribution in [1.82, 2.24) is 0 Å². The summed E-state index contributed by atoms with van der Waals surface area (Å²) in [6.07, 6.45) is 0. The molecule has 1 aliphatic heterocycles. The molecule has 0 bridgehead atoms. The summed E-state index contributed by atoms with van der Waals surface area (Å²) in [6, 6.07) is 5.93. The van der Waals surface area contributed by atoms with Gasteiger partial charge in [0.1, 0.15) is 15.8 Å². The second kappa shape index (κ2) is 3.81. The molecule has 0 fully saturated rings. The van der Waals surface area contributed by atoms with Gasteiger partial charge in [-0.1, -0.05) is 35.3 Å². The standard InChI is InChI=1S/C10H5Cl2NO3/c11-7-8(12)10(16)13(9(7)15)5-3-1-2-4-6(5)14/h1-4,14H. The third kappa shape index (κ3) is 1.47. The molecule has 1 N–H and O–H groups in total. The number of benzene rings is 1. The highest BCUT2D eigenvalue weighted by atomic mass is 35.5. The van der Waals surface area contributed by atoms with Gasteiger partial charge in [-0.05, 0) is 12.1 Å². The number of carbonyl (C=O) groups is 2. The number of amides is 2. The Labute approximate surface area is 101 Å². The molecule has 0 aromatic heterocycles. The largest absolute Gasteiger partial charge is 0.506 e. The van der Waals surface area contributed by atoms with E-state index in [-0.39, 0.29) is 21.5 Å². The number of para-hydroxylation sites is 2. The number of halogens is 2. The first-order valence-corrected chi connectivity index (χ1v) is 5.01. The number of imide groups is 1. The normalized spacial score (nSPS) is 16.2. The summed E-state index contributed by atoms with van der Waals surface area (Å²) in [4.78, 5) is 23.9. The zero-order valence-electron chi connectivity index (χ0n) is 7.78. The molecule has 0 saturated carbocycles. The van der Waals surface area contributed by atoms with Gasteiger partial charge in [-0.2, -0.15) is 0 Å². The number of carbonyl (C=O) groups excluding carboxylic acids is 2. The number of phenolic OH excluding ortho intramolecular Hbond substituents is 1. The number of nitrogens with zero attached hydrogens (tertiary/aromatic N) is 1. The molecule has 0 unspecified atom stereocenters. The minimum Gasteiger partial charge on any atom is -0.506 e. The predicted octanol–water partition coefficient (Wildman–Crippen LogP) is 1.95. The number of anilines is 1. The van der Waals surface area contributed by atoms with Crippen molar-refractivity contribution in [1.29, 1.82) is 0 Å². The van der Waals surface area contributed by atoms with Gasteiger partial charge in [-0.25, -0.2) is 4.90 Å². The minimum atomic E-state index is -0.738. The van der Waals surface area contributed by atoms with Gasteiger partial charge in [0.05, 0.1) is 5.69 Å². The molecule has 0 spiro atoms. The average Bonchev–Trinajstić information content (AvgIpc) is 2.45. The third-order valence-electron chi connectivity index (χ3n) is 2.10. The zero-order valence-corrected chi connectivity index (χ0v) is 9.29. The van der Waals surface area contributed by atoms with E-state index in [2.05, 4.69) is 0 Å². The molecule has 4 nitrogen and oxygen atoms in total.